The van der Waals surface area contributed by atoms with Gasteiger partial charge in [0.15, 0.2) is 0 Å². The first-order chi connectivity index (χ1) is 11.7. The molecule has 1 aromatic carbocycles. The monoisotopic (exact) mass is 387 g/mol. The molecule has 1 N–H and O–H groups in total. The number of hydrogen-bond donors (Lipinski definition) is 1. The molecular weight excluding hydrogens is 370 g/mol. The largest absolute Gasteiger partial charge is 0.497 e. The number of benzene rings is 1. The number of carbonyl (C=O) groups is 1. The van der Waals surface area contributed by atoms with Crippen LogP contribution in [0.25, 0.3) is 11.0 Å². The smallest absolute Gasteiger partial charge is 0.252 e. The molecule has 0 fully saturated rings. The van der Waals surface area contributed by atoms with Crippen LogP contribution in [-0.4, -0.2) is 29.1 Å². The molecule has 3 rings (SSSR count). The summed E-state index contributed by atoms with van der Waals surface area (Å²) in [5, 5.41) is 4.07. The Morgan fingerprint density at radius 2 is 2.21 bits per heavy atom. The number of nitrogens with zero attached hydrogens (tertiary/aromatic N) is 2. The molecule has 124 valence electrons. The van der Waals surface area contributed by atoms with E-state index in [1.54, 1.807) is 19.4 Å². The van der Waals surface area contributed by atoms with Gasteiger partial charge in [0, 0.05) is 35.3 Å². The number of ether oxygens (including phenoxy) is 1. The summed E-state index contributed by atoms with van der Waals surface area (Å²) in [5.41, 5.74) is 1.54. The molecule has 1 amide bonds. The lowest BCUT2D eigenvalue weighted by molar-refractivity contribution is 0.0951. The lowest BCUT2D eigenvalue weighted by Gasteiger charge is -2.09. The van der Waals surface area contributed by atoms with Crippen LogP contribution in [0.2, 0.25) is 0 Å². The molecule has 2 heterocycles. The molecule has 0 saturated heterocycles. The highest BCUT2D eigenvalue weighted by Crippen LogP contribution is 2.22. The SMILES string of the molecule is COc1ccc(Br)c(C(=O)NCCCn2ccc3cccnc32)c1. The predicted molar refractivity (Wildman–Crippen MR) is 97.4 cm³/mol. The van der Waals surface area contributed by atoms with Gasteiger partial charge in [0.2, 0.25) is 0 Å². The standard InChI is InChI=1S/C18H18BrN3O2/c1-24-14-5-6-16(19)15(12-14)18(23)21-9-3-10-22-11-7-13-4-2-8-20-17(13)22/h2,4-8,11-12H,3,9-10H2,1H3,(H,21,23). The van der Waals surface area contributed by atoms with E-state index in [9.17, 15) is 4.79 Å². The Morgan fingerprint density at radius 1 is 1.33 bits per heavy atom. The fourth-order valence-electron chi connectivity index (χ4n) is 2.55. The molecule has 0 saturated carbocycles. The number of fused-ring (bicyclic) bond motifs is 1. The van der Waals surface area contributed by atoms with Crippen molar-refractivity contribution < 1.29 is 9.53 Å². The molecule has 3 aromatic rings. The molecule has 0 radical (unpaired) electrons. The highest BCUT2D eigenvalue weighted by Gasteiger charge is 2.11. The van der Waals surface area contributed by atoms with Gasteiger partial charge in [-0.05, 0) is 58.7 Å². The minimum absolute atomic E-state index is 0.115. The number of nitrogens with one attached hydrogen (secondary N) is 1. The number of aromatic nitrogens is 2. The first-order valence-electron chi connectivity index (χ1n) is 7.70. The van der Waals surface area contributed by atoms with Crippen LogP contribution in [-0.2, 0) is 6.54 Å². The van der Waals surface area contributed by atoms with Crippen molar-refractivity contribution in [2.75, 3.05) is 13.7 Å². The van der Waals surface area contributed by atoms with E-state index in [0.717, 1.165) is 28.5 Å². The van der Waals surface area contributed by atoms with Crippen LogP contribution < -0.4 is 10.1 Å². The summed E-state index contributed by atoms with van der Waals surface area (Å²) in [7, 11) is 1.58. The van der Waals surface area contributed by atoms with Crippen LogP contribution in [0.1, 0.15) is 16.8 Å². The van der Waals surface area contributed by atoms with Crippen molar-refractivity contribution in [1.29, 1.82) is 0 Å². The zero-order valence-corrected chi connectivity index (χ0v) is 14.9. The fraction of sp³-hybridized carbons (Fsp3) is 0.222. The number of methoxy groups -OCH3 is 1. The average Bonchev–Trinajstić information content (AvgIpc) is 3.02. The van der Waals surface area contributed by atoms with Gasteiger partial charge in [0.05, 0.1) is 12.7 Å². The first kappa shape index (κ1) is 16.5. The summed E-state index contributed by atoms with van der Waals surface area (Å²) < 4.78 is 8.02. The van der Waals surface area contributed by atoms with Crippen LogP contribution in [0.3, 0.4) is 0 Å². The Balaban J connectivity index is 1.56. The van der Waals surface area contributed by atoms with E-state index in [0.29, 0.717) is 17.9 Å². The molecular formula is C18H18BrN3O2. The van der Waals surface area contributed by atoms with Gasteiger partial charge >= 0.3 is 0 Å². The molecule has 0 aliphatic rings. The maximum atomic E-state index is 12.3. The van der Waals surface area contributed by atoms with Gasteiger partial charge in [-0.25, -0.2) is 4.98 Å². The van der Waals surface area contributed by atoms with E-state index in [-0.39, 0.29) is 5.91 Å². The van der Waals surface area contributed by atoms with E-state index >= 15 is 0 Å². The van der Waals surface area contributed by atoms with Crippen LogP contribution in [0.4, 0.5) is 0 Å². The van der Waals surface area contributed by atoms with Gasteiger partial charge in [-0.3, -0.25) is 4.79 Å². The zero-order valence-electron chi connectivity index (χ0n) is 13.3. The highest BCUT2D eigenvalue weighted by atomic mass is 79.9. The van der Waals surface area contributed by atoms with Crippen molar-refractivity contribution in [1.82, 2.24) is 14.9 Å². The number of pyridine rings is 1. The van der Waals surface area contributed by atoms with Gasteiger partial charge in [0.25, 0.3) is 5.91 Å². The molecule has 0 spiro atoms. The number of carbonyl (C=O) groups excluding carboxylic acids is 1. The van der Waals surface area contributed by atoms with E-state index in [4.69, 9.17) is 4.74 Å². The molecule has 0 bridgehead atoms. The summed E-state index contributed by atoms with van der Waals surface area (Å²) >= 11 is 3.40. The van der Waals surface area contributed by atoms with Crippen LogP contribution in [0.15, 0.2) is 53.3 Å². The summed E-state index contributed by atoms with van der Waals surface area (Å²) in [5.74, 6) is 0.546. The zero-order chi connectivity index (χ0) is 16.9. The molecule has 0 unspecified atom stereocenters. The molecule has 0 atom stereocenters. The normalized spacial score (nSPS) is 10.8. The second-order valence-electron chi connectivity index (χ2n) is 5.38. The number of halogens is 1. The van der Waals surface area contributed by atoms with Gasteiger partial charge in [0.1, 0.15) is 11.4 Å². The third kappa shape index (κ3) is 3.59. The first-order valence-corrected chi connectivity index (χ1v) is 8.50. The second kappa shape index (κ2) is 7.49. The van der Waals surface area contributed by atoms with Crippen LogP contribution in [0.5, 0.6) is 5.75 Å². The molecule has 24 heavy (non-hydrogen) atoms. The Labute approximate surface area is 148 Å². The molecule has 0 aliphatic carbocycles. The predicted octanol–water partition coefficient (Wildman–Crippen LogP) is 3.63. The Kier molecular flexibility index (Phi) is 5.15. The van der Waals surface area contributed by atoms with E-state index in [2.05, 4.69) is 30.8 Å². The average molecular weight is 388 g/mol. The van der Waals surface area contributed by atoms with Gasteiger partial charge in [-0.15, -0.1) is 0 Å². The lowest BCUT2D eigenvalue weighted by Crippen LogP contribution is -2.25. The van der Waals surface area contributed by atoms with Gasteiger partial charge in [-0.1, -0.05) is 0 Å². The minimum atomic E-state index is -0.115. The Morgan fingerprint density at radius 3 is 3.04 bits per heavy atom. The number of aryl methyl sites for hydroxylation is 1. The van der Waals surface area contributed by atoms with E-state index in [1.807, 2.05) is 36.5 Å². The quantitative estimate of drug-likeness (QED) is 0.657. The van der Waals surface area contributed by atoms with Crippen molar-refractivity contribution >= 4 is 32.9 Å². The molecule has 6 heteroatoms. The fourth-order valence-corrected chi connectivity index (χ4v) is 2.98. The maximum absolute atomic E-state index is 12.3. The van der Waals surface area contributed by atoms with E-state index < -0.39 is 0 Å². The summed E-state index contributed by atoms with van der Waals surface area (Å²) in [6.07, 6.45) is 4.65. The number of amides is 1. The molecule has 2 aromatic heterocycles. The van der Waals surface area contributed by atoms with Crippen molar-refractivity contribution in [3.05, 3.63) is 58.8 Å². The summed E-state index contributed by atoms with van der Waals surface area (Å²) in [4.78, 5) is 16.7. The number of rotatable bonds is 6. The third-order valence-electron chi connectivity index (χ3n) is 3.80. The molecule has 5 nitrogen and oxygen atoms in total. The highest BCUT2D eigenvalue weighted by molar-refractivity contribution is 9.10. The van der Waals surface area contributed by atoms with Gasteiger partial charge in [-0.2, -0.15) is 0 Å². The summed E-state index contributed by atoms with van der Waals surface area (Å²) in [6.45, 7) is 1.40. The second-order valence-corrected chi connectivity index (χ2v) is 6.23. The van der Waals surface area contributed by atoms with Crippen molar-refractivity contribution in [2.24, 2.45) is 0 Å². The van der Waals surface area contributed by atoms with Crippen molar-refractivity contribution in [2.45, 2.75) is 13.0 Å². The van der Waals surface area contributed by atoms with Crippen LogP contribution >= 0.6 is 15.9 Å². The van der Waals surface area contributed by atoms with Crippen LogP contribution in [0, 0.1) is 0 Å². The Hall–Kier alpha value is -2.34. The summed E-state index contributed by atoms with van der Waals surface area (Å²) in [6, 6.07) is 11.4. The number of hydrogen-bond acceptors (Lipinski definition) is 3. The minimum Gasteiger partial charge on any atom is -0.497 e. The van der Waals surface area contributed by atoms with E-state index in [1.165, 1.54) is 0 Å². The third-order valence-corrected chi connectivity index (χ3v) is 4.49. The topological polar surface area (TPSA) is 56.1 Å². The molecule has 0 aliphatic heterocycles. The van der Waals surface area contributed by atoms with Crippen molar-refractivity contribution in [3.8, 4) is 5.75 Å². The van der Waals surface area contributed by atoms with Gasteiger partial charge < -0.3 is 14.6 Å². The van der Waals surface area contributed by atoms with Crippen molar-refractivity contribution in [3.63, 3.8) is 0 Å². The lowest BCUT2D eigenvalue weighted by atomic mass is 10.2. The maximum Gasteiger partial charge on any atom is 0.252 e. The Bertz CT molecular complexity index is 860.